The van der Waals surface area contributed by atoms with Crippen LogP contribution in [0, 0.1) is 5.92 Å². The smallest absolute Gasteiger partial charge is 0.220 e. The highest BCUT2D eigenvalue weighted by Gasteiger charge is 2.23. The Morgan fingerprint density at radius 3 is 3.00 bits per heavy atom. The lowest BCUT2D eigenvalue weighted by molar-refractivity contribution is -0.122. The number of hydrogen-bond donors (Lipinski definition) is 2. The highest BCUT2D eigenvalue weighted by Crippen LogP contribution is 2.17. The van der Waals surface area contributed by atoms with Gasteiger partial charge >= 0.3 is 0 Å². The van der Waals surface area contributed by atoms with Crippen molar-refractivity contribution in [3.8, 4) is 0 Å². The highest BCUT2D eigenvalue weighted by atomic mass is 16.5. The molecule has 0 aromatic rings. The third kappa shape index (κ3) is 4.25. The number of amides is 1. The van der Waals surface area contributed by atoms with Crippen LogP contribution in [-0.4, -0.2) is 37.7 Å². The Labute approximate surface area is 110 Å². The summed E-state index contributed by atoms with van der Waals surface area (Å²) in [6, 6.07) is 0.157. The van der Waals surface area contributed by atoms with Gasteiger partial charge in [-0.1, -0.05) is 0 Å². The molecule has 104 valence electrons. The molecule has 18 heavy (non-hydrogen) atoms. The van der Waals surface area contributed by atoms with Crippen molar-refractivity contribution < 1.29 is 9.53 Å². The molecule has 0 aromatic heterocycles. The molecule has 2 N–H and O–H groups in total. The molecule has 2 saturated heterocycles. The Balaban J connectivity index is 1.61. The van der Waals surface area contributed by atoms with Gasteiger partial charge in [0.15, 0.2) is 0 Å². The van der Waals surface area contributed by atoms with Gasteiger partial charge in [-0.05, 0) is 58.0 Å². The van der Waals surface area contributed by atoms with Crippen LogP contribution in [0.5, 0.6) is 0 Å². The molecule has 1 amide bonds. The van der Waals surface area contributed by atoms with E-state index in [1.807, 2.05) is 0 Å². The Hall–Kier alpha value is -0.610. The van der Waals surface area contributed by atoms with Crippen LogP contribution in [0.3, 0.4) is 0 Å². The second-order valence-corrected chi connectivity index (χ2v) is 5.66. The molecule has 0 aromatic carbocycles. The normalized spacial score (nSPS) is 30.1. The van der Waals surface area contributed by atoms with E-state index in [-0.39, 0.29) is 18.1 Å². The Bertz CT molecular complexity index is 259. The van der Waals surface area contributed by atoms with Crippen LogP contribution in [0.2, 0.25) is 0 Å². The van der Waals surface area contributed by atoms with Crippen molar-refractivity contribution in [2.45, 2.75) is 57.6 Å². The van der Waals surface area contributed by atoms with Gasteiger partial charge in [0.25, 0.3) is 0 Å². The zero-order valence-corrected chi connectivity index (χ0v) is 11.4. The summed E-state index contributed by atoms with van der Waals surface area (Å²) in [6.45, 7) is 5.11. The van der Waals surface area contributed by atoms with Crippen molar-refractivity contribution in [1.29, 1.82) is 0 Å². The van der Waals surface area contributed by atoms with Crippen molar-refractivity contribution in [3.05, 3.63) is 0 Å². The van der Waals surface area contributed by atoms with Crippen molar-refractivity contribution in [2.24, 2.45) is 5.92 Å². The molecule has 3 atom stereocenters. The second kappa shape index (κ2) is 7.10. The van der Waals surface area contributed by atoms with Crippen LogP contribution in [0.25, 0.3) is 0 Å². The van der Waals surface area contributed by atoms with E-state index in [2.05, 4.69) is 17.6 Å². The van der Waals surface area contributed by atoms with Gasteiger partial charge in [-0.25, -0.2) is 0 Å². The molecule has 0 aliphatic carbocycles. The third-order valence-corrected chi connectivity index (χ3v) is 4.09. The average molecular weight is 254 g/mol. The van der Waals surface area contributed by atoms with Gasteiger partial charge < -0.3 is 15.4 Å². The maximum Gasteiger partial charge on any atom is 0.220 e. The van der Waals surface area contributed by atoms with Crippen LogP contribution in [0.4, 0.5) is 0 Å². The minimum atomic E-state index is 0.157. The summed E-state index contributed by atoms with van der Waals surface area (Å²) in [5.41, 5.74) is 0. The zero-order valence-electron chi connectivity index (χ0n) is 11.4. The largest absolute Gasteiger partial charge is 0.376 e. The second-order valence-electron chi connectivity index (χ2n) is 5.66. The predicted molar refractivity (Wildman–Crippen MR) is 71.4 cm³/mol. The van der Waals surface area contributed by atoms with Crippen molar-refractivity contribution in [3.63, 3.8) is 0 Å². The highest BCUT2D eigenvalue weighted by molar-refractivity contribution is 5.76. The van der Waals surface area contributed by atoms with E-state index >= 15 is 0 Å². The van der Waals surface area contributed by atoms with Crippen LogP contribution in [0.1, 0.15) is 45.4 Å². The molecule has 0 radical (unpaired) electrons. The summed E-state index contributed by atoms with van der Waals surface area (Å²) in [5.74, 6) is 0.867. The molecule has 4 heteroatoms. The van der Waals surface area contributed by atoms with E-state index < -0.39 is 0 Å². The summed E-state index contributed by atoms with van der Waals surface area (Å²) in [4.78, 5) is 11.9. The number of nitrogens with one attached hydrogen (secondary N) is 2. The molecule has 2 rings (SSSR count). The topological polar surface area (TPSA) is 50.4 Å². The van der Waals surface area contributed by atoms with Crippen LogP contribution in [0.15, 0.2) is 0 Å². The summed E-state index contributed by atoms with van der Waals surface area (Å²) in [6.07, 6.45) is 6.61. The number of ether oxygens (including phenoxy) is 1. The van der Waals surface area contributed by atoms with E-state index in [0.29, 0.717) is 12.3 Å². The lowest BCUT2D eigenvalue weighted by atomic mass is 9.94. The fourth-order valence-electron chi connectivity index (χ4n) is 2.92. The Kier molecular flexibility index (Phi) is 5.45. The predicted octanol–water partition coefficient (Wildman–Crippen LogP) is 1.45. The lowest BCUT2D eigenvalue weighted by Crippen LogP contribution is -2.41. The van der Waals surface area contributed by atoms with Gasteiger partial charge in [0, 0.05) is 13.0 Å². The number of rotatable bonds is 5. The molecule has 3 unspecified atom stereocenters. The summed E-state index contributed by atoms with van der Waals surface area (Å²) in [7, 11) is 0. The number of hydrogen-bond acceptors (Lipinski definition) is 3. The third-order valence-electron chi connectivity index (χ3n) is 4.09. The van der Waals surface area contributed by atoms with Gasteiger partial charge in [0.2, 0.25) is 5.91 Å². The molecule has 0 spiro atoms. The first kappa shape index (κ1) is 13.8. The molecule has 2 heterocycles. The summed E-state index contributed by atoms with van der Waals surface area (Å²) in [5, 5.41) is 6.47. The molecule has 2 aliphatic rings. The monoisotopic (exact) mass is 254 g/mol. The van der Waals surface area contributed by atoms with Gasteiger partial charge in [0.1, 0.15) is 0 Å². The maximum absolute atomic E-state index is 11.9. The maximum atomic E-state index is 11.9. The molecular formula is C14H26N2O2. The summed E-state index contributed by atoms with van der Waals surface area (Å²) < 4.78 is 5.59. The van der Waals surface area contributed by atoms with Gasteiger partial charge in [0.05, 0.1) is 12.1 Å². The Morgan fingerprint density at radius 1 is 1.44 bits per heavy atom. The molecule has 4 nitrogen and oxygen atoms in total. The van der Waals surface area contributed by atoms with E-state index in [0.717, 1.165) is 39.0 Å². The SMILES string of the molecule is CC(NC(=O)CCC1CCCNC1)C1CCCO1. The van der Waals surface area contributed by atoms with Gasteiger partial charge in [-0.15, -0.1) is 0 Å². The van der Waals surface area contributed by atoms with E-state index in [1.54, 1.807) is 0 Å². The van der Waals surface area contributed by atoms with E-state index in [4.69, 9.17) is 4.74 Å². The standard InChI is InChI=1S/C14H26N2O2/c1-11(13-5-3-9-18-13)16-14(17)7-6-12-4-2-8-15-10-12/h11-13,15H,2-10H2,1H3,(H,16,17). The minimum Gasteiger partial charge on any atom is -0.376 e. The van der Waals surface area contributed by atoms with Crippen molar-refractivity contribution in [1.82, 2.24) is 10.6 Å². The number of carbonyl (C=O) groups excluding carboxylic acids is 1. The van der Waals surface area contributed by atoms with Crippen LogP contribution < -0.4 is 10.6 Å². The first-order valence-corrected chi connectivity index (χ1v) is 7.37. The molecule has 2 fully saturated rings. The summed E-state index contributed by atoms with van der Waals surface area (Å²) >= 11 is 0. The molecule has 2 aliphatic heterocycles. The molecular weight excluding hydrogens is 228 g/mol. The van der Waals surface area contributed by atoms with Crippen molar-refractivity contribution >= 4 is 5.91 Å². The van der Waals surface area contributed by atoms with E-state index in [1.165, 1.54) is 12.8 Å². The van der Waals surface area contributed by atoms with Gasteiger partial charge in [-0.3, -0.25) is 4.79 Å². The van der Waals surface area contributed by atoms with E-state index in [9.17, 15) is 4.79 Å². The molecule has 0 bridgehead atoms. The first-order valence-electron chi connectivity index (χ1n) is 7.37. The van der Waals surface area contributed by atoms with Crippen LogP contribution in [-0.2, 0) is 9.53 Å². The van der Waals surface area contributed by atoms with Crippen LogP contribution >= 0.6 is 0 Å². The fourth-order valence-corrected chi connectivity index (χ4v) is 2.92. The zero-order chi connectivity index (χ0) is 12.8. The minimum absolute atomic E-state index is 0.157. The fraction of sp³-hybridized carbons (Fsp3) is 0.929. The van der Waals surface area contributed by atoms with Gasteiger partial charge in [-0.2, -0.15) is 0 Å². The molecule has 0 saturated carbocycles. The number of carbonyl (C=O) groups is 1. The quantitative estimate of drug-likeness (QED) is 0.781. The first-order chi connectivity index (χ1) is 8.75. The average Bonchev–Trinajstić information content (AvgIpc) is 2.91. The lowest BCUT2D eigenvalue weighted by Gasteiger charge is -2.23. The van der Waals surface area contributed by atoms with Crippen molar-refractivity contribution in [2.75, 3.05) is 19.7 Å². The number of piperidine rings is 1. The Morgan fingerprint density at radius 2 is 2.33 bits per heavy atom.